The average molecular weight is 302 g/mol. The van der Waals surface area contributed by atoms with Gasteiger partial charge in [0, 0.05) is 24.7 Å². The SMILES string of the molecule is C=C(C)c1ccc2c(n1)C(C)CN(C(=O)OC(C)(C)C)CC2. The molecule has 0 radical (unpaired) electrons. The molecule has 1 aromatic heterocycles. The van der Waals surface area contributed by atoms with E-state index >= 15 is 0 Å². The first-order chi connectivity index (χ1) is 10.2. The first-order valence-electron chi connectivity index (χ1n) is 7.81. The molecule has 1 aliphatic rings. The standard InChI is InChI=1S/C18H26N2O2/c1-12(2)15-8-7-14-9-10-20(11-13(3)16(14)19-15)17(21)22-18(4,5)6/h7-8,13H,1,9-11H2,2-6H3. The summed E-state index contributed by atoms with van der Waals surface area (Å²) in [7, 11) is 0. The fourth-order valence-corrected chi connectivity index (χ4v) is 2.64. The van der Waals surface area contributed by atoms with Gasteiger partial charge in [-0.1, -0.05) is 19.6 Å². The van der Waals surface area contributed by atoms with Crippen molar-refractivity contribution in [2.45, 2.75) is 52.6 Å². The molecular weight excluding hydrogens is 276 g/mol. The van der Waals surface area contributed by atoms with Crippen molar-refractivity contribution in [3.8, 4) is 0 Å². The fraction of sp³-hybridized carbons (Fsp3) is 0.556. The molecule has 0 spiro atoms. The first kappa shape index (κ1) is 16.5. The highest BCUT2D eigenvalue weighted by atomic mass is 16.6. The molecule has 0 bridgehead atoms. The van der Waals surface area contributed by atoms with E-state index in [1.54, 1.807) is 4.90 Å². The topological polar surface area (TPSA) is 42.4 Å². The van der Waals surface area contributed by atoms with Crippen LogP contribution in [-0.4, -0.2) is 34.7 Å². The van der Waals surface area contributed by atoms with Crippen LogP contribution in [0, 0.1) is 0 Å². The van der Waals surface area contributed by atoms with E-state index in [0.29, 0.717) is 13.1 Å². The Morgan fingerprint density at radius 2 is 2.09 bits per heavy atom. The van der Waals surface area contributed by atoms with Gasteiger partial charge in [0.25, 0.3) is 0 Å². The van der Waals surface area contributed by atoms with E-state index in [9.17, 15) is 4.79 Å². The van der Waals surface area contributed by atoms with Crippen molar-refractivity contribution in [3.63, 3.8) is 0 Å². The van der Waals surface area contributed by atoms with Crippen molar-refractivity contribution in [2.75, 3.05) is 13.1 Å². The summed E-state index contributed by atoms with van der Waals surface area (Å²) in [6.07, 6.45) is 0.565. The maximum atomic E-state index is 12.3. The molecular formula is C18H26N2O2. The van der Waals surface area contributed by atoms with Crippen molar-refractivity contribution in [1.29, 1.82) is 0 Å². The van der Waals surface area contributed by atoms with Gasteiger partial charge in [-0.3, -0.25) is 4.98 Å². The number of rotatable bonds is 1. The minimum Gasteiger partial charge on any atom is -0.444 e. The number of nitrogens with zero attached hydrogens (tertiary/aromatic N) is 2. The molecule has 0 aliphatic carbocycles. The number of hydrogen-bond donors (Lipinski definition) is 0. The summed E-state index contributed by atoms with van der Waals surface area (Å²) >= 11 is 0. The molecule has 1 aliphatic heterocycles. The van der Waals surface area contributed by atoms with E-state index in [1.165, 1.54) is 5.56 Å². The minimum absolute atomic E-state index is 0.185. The van der Waals surface area contributed by atoms with Crippen molar-refractivity contribution >= 4 is 11.7 Å². The van der Waals surface area contributed by atoms with E-state index in [-0.39, 0.29) is 12.0 Å². The number of pyridine rings is 1. The summed E-state index contributed by atoms with van der Waals surface area (Å²) in [6.45, 7) is 15.0. The maximum absolute atomic E-state index is 12.3. The number of hydrogen-bond acceptors (Lipinski definition) is 3. The normalized spacial score (nSPS) is 18.4. The summed E-state index contributed by atoms with van der Waals surface area (Å²) in [5.41, 5.74) is 3.71. The zero-order valence-electron chi connectivity index (χ0n) is 14.3. The van der Waals surface area contributed by atoms with Crippen LogP contribution in [0.2, 0.25) is 0 Å². The van der Waals surface area contributed by atoms with Crippen molar-refractivity contribution in [3.05, 3.63) is 35.7 Å². The second-order valence-corrected chi connectivity index (χ2v) is 7.10. The van der Waals surface area contributed by atoms with E-state index in [1.807, 2.05) is 33.8 Å². The van der Waals surface area contributed by atoms with Gasteiger partial charge in [-0.2, -0.15) is 0 Å². The Hall–Kier alpha value is -1.84. The van der Waals surface area contributed by atoms with Gasteiger partial charge in [0.1, 0.15) is 5.60 Å². The molecule has 1 amide bonds. The Labute approximate surface area is 133 Å². The zero-order valence-corrected chi connectivity index (χ0v) is 14.3. The average Bonchev–Trinajstić information content (AvgIpc) is 2.56. The Morgan fingerprint density at radius 1 is 1.41 bits per heavy atom. The molecule has 0 aromatic carbocycles. The van der Waals surface area contributed by atoms with Crippen LogP contribution >= 0.6 is 0 Å². The molecule has 0 saturated carbocycles. The second-order valence-electron chi connectivity index (χ2n) is 7.10. The largest absolute Gasteiger partial charge is 0.444 e. The number of fused-ring (bicyclic) bond motifs is 1. The molecule has 22 heavy (non-hydrogen) atoms. The van der Waals surface area contributed by atoms with Crippen LogP contribution < -0.4 is 0 Å². The second kappa shape index (κ2) is 6.11. The molecule has 1 aromatic rings. The van der Waals surface area contributed by atoms with Crippen LogP contribution in [0.15, 0.2) is 18.7 Å². The summed E-state index contributed by atoms with van der Waals surface area (Å²) in [5.74, 6) is 0.185. The van der Waals surface area contributed by atoms with Crippen LogP contribution in [0.5, 0.6) is 0 Å². The predicted octanol–water partition coefficient (Wildman–Crippen LogP) is 4.01. The van der Waals surface area contributed by atoms with E-state index < -0.39 is 5.60 Å². The summed E-state index contributed by atoms with van der Waals surface area (Å²) in [4.78, 5) is 18.8. The number of ether oxygens (including phenoxy) is 1. The number of aromatic nitrogens is 1. The molecule has 0 saturated heterocycles. The fourth-order valence-electron chi connectivity index (χ4n) is 2.64. The quantitative estimate of drug-likeness (QED) is 0.787. The van der Waals surface area contributed by atoms with Gasteiger partial charge in [-0.05, 0) is 51.3 Å². The molecule has 1 atom stereocenters. The van der Waals surface area contributed by atoms with Crippen molar-refractivity contribution in [2.24, 2.45) is 0 Å². The Balaban J connectivity index is 2.20. The number of carbonyl (C=O) groups is 1. The van der Waals surface area contributed by atoms with E-state index in [0.717, 1.165) is 23.4 Å². The van der Waals surface area contributed by atoms with E-state index in [4.69, 9.17) is 9.72 Å². The molecule has 120 valence electrons. The molecule has 0 fully saturated rings. The third-order valence-electron chi connectivity index (χ3n) is 3.71. The monoisotopic (exact) mass is 302 g/mol. The molecule has 0 N–H and O–H groups in total. The van der Waals surface area contributed by atoms with Crippen LogP contribution in [-0.2, 0) is 11.2 Å². The lowest BCUT2D eigenvalue weighted by molar-refractivity contribution is 0.0248. The van der Waals surface area contributed by atoms with Gasteiger partial charge in [-0.25, -0.2) is 4.79 Å². The summed E-state index contributed by atoms with van der Waals surface area (Å²) in [6, 6.07) is 4.12. The molecule has 2 rings (SSSR count). The Bertz CT molecular complexity index is 587. The van der Waals surface area contributed by atoms with Crippen molar-refractivity contribution in [1.82, 2.24) is 9.88 Å². The summed E-state index contributed by atoms with van der Waals surface area (Å²) < 4.78 is 5.49. The smallest absolute Gasteiger partial charge is 0.410 e. The molecule has 4 heteroatoms. The molecule has 4 nitrogen and oxygen atoms in total. The summed E-state index contributed by atoms with van der Waals surface area (Å²) in [5, 5.41) is 0. The maximum Gasteiger partial charge on any atom is 0.410 e. The van der Waals surface area contributed by atoms with E-state index in [2.05, 4.69) is 19.6 Å². The van der Waals surface area contributed by atoms with Gasteiger partial charge in [-0.15, -0.1) is 0 Å². The number of allylic oxidation sites excluding steroid dienone is 1. The highest BCUT2D eigenvalue weighted by Crippen LogP contribution is 2.26. The lowest BCUT2D eigenvalue weighted by Gasteiger charge is -2.27. The van der Waals surface area contributed by atoms with Gasteiger partial charge >= 0.3 is 6.09 Å². The van der Waals surface area contributed by atoms with Crippen LogP contribution in [0.3, 0.4) is 0 Å². The van der Waals surface area contributed by atoms with Gasteiger partial charge in [0.15, 0.2) is 0 Å². The Kier molecular flexibility index (Phi) is 4.59. The third kappa shape index (κ3) is 3.87. The molecule has 2 heterocycles. The highest BCUT2D eigenvalue weighted by molar-refractivity contribution is 5.68. The predicted molar refractivity (Wildman–Crippen MR) is 88.9 cm³/mol. The lowest BCUT2D eigenvalue weighted by Crippen LogP contribution is -2.38. The minimum atomic E-state index is -0.467. The molecule has 1 unspecified atom stereocenters. The lowest BCUT2D eigenvalue weighted by atomic mass is 10.0. The van der Waals surface area contributed by atoms with Gasteiger partial charge < -0.3 is 9.64 Å². The highest BCUT2D eigenvalue weighted by Gasteiger charge is 2.27. The van der Waals surface area contributed by atoms with Gasteiger partial charge in [0.2, 0.25) is 0 Å². The van der Waals surface area contributed by atoms with Crippen LogP contribution in [0.25, 0.3) is 5.57 Å². The van der Waals surface area contributed by atoms with Crippen molar-refractivity contribution < 1.29 is 9.53 Å². The number of amides is 1. The number of carbonyl (C=O) groups excluding carboxylic acids is 1. The third-order valence-corrected chi connectivity index (χ3v) is 3.71. The zero-order chi connectivity index (χ0) is 16.5. The Morgan fingerprint density at radius 3 is 2.68 bits per heavy atom. The first-order valence-corrected chi connectivity index (χ1v) is 7.81. The van der Waals surface area contributed by atoms with Gasteiger partial charge in [0.05, 0.1) is 5.69 Å². The van der Waals surface area contributed by atoms with Crippen LogP contribution in [0.1, 0.15) is 57.5 Å². The van der Waals surface area contributed by atoms with Crippen LogP contribution in [0.4, 0.5) is 4.79 Å².